The molecule has 44 heavy (non-hydrogen) atoms. The zero-order valence-corrected chi connectivity index (χ0v) is 26.7. The normalized spacial score (nSPS) is 11.1. The third-order valence-corrected chi connectivity index (χ3v) is 12.5. The van der Waals surface area contributed by atoms with Gasteiger partial charge in [-0.15, -0.1) is 0 Å². The zero-order chi connectivity index (χ0) is 30.0. The Kier molecular flexibility index (Phi) is 10.2. The molecule has 2 nitrogen and oxygen atoms in total. The summed E-state index contributed by atoms with van der Waals surface area (Å²) < 4.78 is 12.6. The van der Waals surface area contributed by atoms with Crippen LogP contribution in [0.2, 0.25) is 0 Å². The number of benzene rings is 6. The van der Waals surface area contributed by atoms with Gasteiger partial charge in [-0.25, -0.2) is 0 Å². The lowest BCUT2D eigenvalue weighted by Gasteiger charge is -2.22. The van der Waals surface area contributed by atoms with Crippen LogP contribution in [0.1, 0.15) is 12.0 Å². The first-order valence-electron chi connectivity index (χ1n) is 15.0. The van der Waals surface area contributed by atoms with Crippen LogP contribution in [0, 0.1) is 6.92 Å². The molecule has 0 radical (unpaired) electrons. The van der Waals surface area contributed by atoms with Crippen molar-refractivity contribution in [2.45, 2.75) is 13.3 Å². The van der Waals surface area contributed by atoms with Gasteiger partial charge in [-0.05, 0) is 78.4 Å². The third-order valence-electron chi connectivity index (χ3n) is 7.44. The molecule has 0 bridgehead atoms. The average Bonchev–Trinajstić information content (AvgIpc) is 3.08. The summed E-state index contributed by atoms with van der Waals surface area (Å²) in [6, 6.07) is 58.2. The second-order valence-electron chi connectivity index (χ2n) is 10.5. The van der Waals surface area contributed by atoms with Gasteiger partial charge in [0.15, 0.2) is 0 Å². The van der Waals surface area contributed by atoms with Crippen LogP contribution in [-0.2, 0) is 0 Å². The largest absolute Gasteiger partial charge is 0.493 e. The Morgan fingerprint density at radius 1 is 0.432 bits per heavy atom. The van der Waals surface area contributed by atoms with E-state index in [2.05, 4.69) is 171 Å². The lowest BCUT2D eigenvalue weighted by Crippen LogP contribution is -2.22. The number of hydrogen-bond acceptors (Lipinski definition) is 2. The molecular weight excluding hydrogens is 574 g/mol. The Labute approximate surface area is 263 Å². The Morgan fingerprint density at radius 2 is 0.886 bits per heavy atom. The van der Waals surface area contributed by atoms with Gasteiger partial charge >= 0.3 is 0 Å². The minimum absolute atomic E-state index is 0.595. The standard InChI is InChI=1S/C40H36O2P2/c1-32-39(27-15-28-40(32)44(36-22-10-4-11-23-36)37-24-12-5-13-25-37)42-30-16-29-41-33-17-14-26-38(31-33)43(34-18-6-2-7-19-34)35-20-8-3-9-21-35/h2-15,17-28,31H,16,29-30H2,1H3. The summed E-state index contributed by atoms with van der Waals surface area (Å²) in [6.45, 7) is 3.38. The van der Waals surface area contributed by atoms with Crippen molar-refractivity contribution in [1.82, 2.24) is 0 Å². The fraction of sp³-hybridized carbons (Fsp3) is 0.100. The molecule has 0 aliphatic rings. The van der Waals surface area contributed by atoms with E-state index in [0.29, 0.717) is 13.2 Å². The Bertz CT molecular complexity index is 1660. The van der Waals surface area contributed by atoms with Crippen LogP contribution >= 0.6 is 15.8 Å². The van der Waals surface area contributed by atoms with E-state index in [0.717, 1.165) is 17.9 Å². The first kappa shape index (κ1) is 29.8. The second kappa shape index (κ2) is 15.0. The molecule has 0 saturated heterocycles. The molecule has 0 aromatic heterocycles. The molecule has 0 spiro atoms. The van der Waals surface area contributed by atoms with Gasteiger partial charge < -0.3 is 9.47 Å². The molecule has 4 heteroatoms. The van der Waals surface area contributed by atoms with Crippen molar-refractivity contribution in [2.75, 3.05) is 13.2 Å². The molecular formula is C40H36O2P2. The second-order valence-corrected chi connectivity index (χ2v) is 14.9. The average molecular weight is 611 g/mol. The number of rotatable bonds is 12. The van der Waals surface area contributed by atoms with E-state index in [1.54, 1.807) is 0 Å². The van der Waals surface area contributed by atoms with Crippen molar-refractivity contribution < 1.29 is 9.47 Å². The van der Waals surface area contributed by atoms with Gasteiger partial charge in [-0.1, -0.05) is 146 Å². The smallest absolute Gasteiger partial charge is 0.122 e. The van der Waals surface area contributed by atoms with E-state index >= 15 is 0 Å². The molecule has 0 N–H and O–H groups in total. The maximum Gasteiger partial charge on any atom is 0.122 e. The van der Waals surface area contributed by atoms with Gasteiger partial charge in [-0.2, -0.15) is 0 Å². The minimum Gasteiger partial charge on any atom is -0.493 e. The summed E-state index contributed by atoms with van der Waals surface area (Å²) >= 11 is 0. The van der Waals surface area contributed by atoms with Gasteiger partial charge in [-0.3, -0.25) is 0 Å². The first-order chi connectivity index (χ1) is 21.8. The molecule has 0 heterocycles. The van der Waals surface area contributed by atoms with Crippen LogP contribution < -0.4 is 41.3 Å². The molecule has 0 saturated carbocycles. The van der Waals surface area contributed by atoms with Gasteiger partial charge in [0.1, 0.15) is 11.5 Å². The maximum absolute atomic E-state index is 6.35. The fourth-order valence-corrected chi connectivity index (χ4v) is 10.1. The Morgan fingerprint density at radius 3 is 1.43 bits per heavy atom. The predicted octanol–water partition coefficient (Wildman–Crippen LogP) is 7.36. The summed E-state index contributed by atoms with van der Waals surface area (Å²) in [5.41, 5.74) is 1.20. The van der Waals surface area contributed by atoms with Crippen LogP contribution in [0.25, 0.3) is 0 Å². The highest BCUT2D eigenvalue weighted by molar-refractivity contribution is 7.80. The van der Waals surface area contributed by atoms with Gasteiger partial charge in [0.05, 0.1) is 13.2 Å². The minimum atomic E-state index is -0.681. The zero-order valence-electron chi connectivity index (χ0n) is 24.9. The van der Waals surface area contributed by atoms with Crippen molar-refractivity contribution in [3.05, 3.63) is 169 Å². The molecule has 6 aromatic rings. The van der Waals surface area contributed by atoms with Crippen LogP contribution in [0.15, 0.2) is 164 Å². The monoisotopic (exact) mass is 610 g/mol. The molecule has 0 atom stereocenters. The fourth-order valence-electron chi connectivity index (χ4n) is 5.33. The predicted molar refractivity (Wildman–Crippen MR) is 191 cm³/mol. The van der Waals surface area contributed by atoms with Gasteiger partial charge in [0.2, 0.25) is 0 Å². The van der Waals surface area contributed by atoms with E-state index in [1.807, 2.05) is 0 Å². The molecule has 218 valence electrons. The Hall–Kier alpha value is -4.22. The summed E-state index contributed by atoms with van der Waals surface area (Å²) in [4.78, 5) is 0. The van der Waals surface area contributed by atoms with E-state index in [-0.39, 0.29) is 0 Å². The van der Waals surface area contributed by atoms with E-state index in [1.165, 1.54) is 37.4 Å². The summed E-state index contributed by atoms with van der Waals surface area (Å²) in [5.74, 6) is 1.84. The maximum atomic E-state index is 6.35. The lowest BCUT2D eigenvalue weighted by molar-refractivity contribution is 0.247. The highest BCUT2D eigenvalue weighted by atomic mass is 31.1. The molecule has 0 unspecified atom stereocenters. The summed E-state index contributed by atoms with van der Waals surface area (Å²) in [5, 5.41) is 7.96. The van der Waals surface area contributed by atoms with Gasteiger partial charge in [0, 0.05) is 6.42 Å². The van der Waals surface area contributed by atoms with Crippen LogP contribution in [-0.4, -0.2) is 13.2 Å². The van der Waals surface area contributed by atoms with Crippen LogP contribution in [0.5, 0.6) is 11.5 Å². The van der Waals surface area contributed by atoms with Crippen molar-refractivity contribution in [3.63, 3.8) is 0 Å². The SMILES string of the molecule is Cc1c(OCCCOc2cccc(P(c3ccccc3)c3ccccc3)c2)cccc1P(c1ccccc1)c1ccccc1. The van der Waals surface area contributed by atoms with E-state index in [4.69, 9.17) is 9.47 Å². The lowest BCUT2D eigenvalue weighted by atomic mass is 10.2. The first-order valence-corrected chi connectivity index (χ1v) is 17.7. The van der Waals surface area contributed by atoms with Gasteiger partial charge in [0.25, 0.3) is 0 Å². The highest BCUT2D eigenvalue weighted by Crippen LogP contribution is 2.36. The van der Waals surface area contributed by atoms with Crippen molar-refractivity contribution >= 4 is 47.7 Å². The third kappa shape index (κ3) is 7.28. The summed E-state index contributed by atoms with van der Waals surface area (Å²) in [7, 11) is -1.34. The van der Waals surface area contributed by atoms with Crippen LogP contribution in [0.4, 0.5) is 0 Å². The molecule has 6 aromatic carbocycles. The molecule has 6 rings (SSSR count). The van der Waals surface area contributed by atoms with Crippen molar-refractivity contribution in [2.24, 2.45) is 0 Å². The molecule has 0 amide bonds. The Balaban J connectivity index is 1.12. The van der Waals surface area contributed by atoms with E-state index in [9.17, 15) is 0 Å². The van der Waals surface area contributed by atoms with E-state index < -0.39 is 15.8 Å². The van der Waals surface area contributed by atoms with Crippen LogP contribution in [0.3, 0.4) is 0 Å². The topological polar surface area (TPSA) is 18.5 Å². The highest BCUT2D eigenvalue weighted by Gasteiger charge is 2.20. The molecule has 0 aliphatic carbocycles. The molecule has 0 aliphatic heterocycles. The number of ether oxygens (including phenoxy) is 2. The van der Waals surface area contributed by atoms with Crippen molar-refractivity contribution in [1.29, 1.82) is 0 Å². The molecule has 0 fully saturated rings. The number of hydrogen-bond donors (Lipinski definition) is 0. The quantitative estimate of drug-likeness (QED) is 0.107. The summed E-state index contributed by atoms with van der Waals surface area (Å²) in [6.07, 6.45) is 0.798. The van der Waals surface area contributed by atoms with Crippen molar-refractivity contribution in [3.8, 4) is 11.5 Å².